The zero-order chi connectivity index (χ0) is 12.7. The van der Waals surface area contributed by atoms with Crippen LogP contribution in [0.1, 0.15) is 23.8 Å². The first-order chi connectivity index (χ1) is 8.72. The highest BCUT2D eigenvalue weighted by Gasteiger charge is 2.23. The number of anilines is 1. The standard InChI is InChI=1S/C12H16N4S2/c1-6-3-4-7-8(5-6)18-11-9(7)10(16-13)14-12(15-11)17-2/h6H,3-5,13H2,1-2H3,(H,14,15,16). The molecule has 1 atom stereocenters. The first-order valence-electron chi connectivity index (χ1n) is 6.05. The van der Waals surface area contributed by atoms with Gasteiger partial charge in [0.1, 0.15) is 4.83 Å². The number of nitrogens with zero attached hydrogens (tertiary/aromatic N) is 2. The van der Waals surface area contributed by atoms with E-state index in [0.29, 0.717) is 0 Å². The molecule has 0 aromatic carbocycles. The molecule has 2 aromatic heterocycles. The third-order valence-corrected chi connectivity index (χ3v) is 5.15. The average Bonchev–Trinajstić information content (AvgIpc) is 2.74. The molecule has 1 unspecified atom stereocenters. The van der Waals surface area contributed by atoms with Gasteiger partial charge in [0.15, 0.2) is 11.0 Å². The number of thioether (sulfide) groups is 1. The van der Waals surface area contributed by atoms with Gasteiger partial charge in [-0.3, -0.25) is 0 Å². The summed E-state index contributed by atoms with van der Waals surface area (Å²) in [4.78, 5) is 11.6. The molecule has 3 N–H and O–H groups in total. The van der Waals surface area contributed by atoms with Crippen LogP contribution in [0.25, 0.3) is 10.2 Å². The van der Waals surface area contributed by atoms with E-state index < -0.39 is 0 Å². The SMILES string of the molecule is CSc1nc(NN)c2c3c(sc2n1)CC(C)CC3. The Bertz CT molecular complexity index is 593. The van der Waals surface area contributed by atoms with Crippen LogP contribution in [0, 0.1) is 5.92 Å². The van der Waals surface area contributed by atoms with Gasteiger partial charge in [0, 0.05) is 4.88 Å². The van der Waals surface area contributed by atoms with Gasteiger partial charge in [0.05, 0.1) is 5.39 Å². The average molecular weight is 280 g/mol. The van der Waals surface area contributed by atoms with E-state index in [1.165, 1.54) is 16.9 Å². The smallest absolute Gasteiger partial charge is 0.190 e. The Hall–Kier alpha value is -0.850. The Morgan fingerprint density at radius 2 is 2.28 bits per heavy atom. The predicted molar refractivity (Wildman–Crippen MR) is 78.2 cm³/mol. The van der Waals surface area contributed by atoms with Gasteiger partial charge in [0.25, 0.3) is 0 Å². The highest BCUT2D eigenvalue weighted by atomic mass is 32.2. The summed E-state index contributed by atoms with van der Waals surface area (Å²) in [5, 5.41) is 1.92. The Balaban J connectivity index is 2.24. The van der Waals surface area contributed by atoms with Crippen molar-refractivity contribution < 1.29 is 0 Å². The quantitative estimate of drug-likeness (QED) is 0.383. The third kappa shape index (κ3) is 1.88. The van der Waals surface area contributed by atoms with Gasteiger partial charge in [-0.2, -0.15) is 0 Å². The molecule has 18 heavy (non-hydrogen) atoms. The molecule has 96 valence electrons. The summed E-state index contributed by atoms with van der Waals surface area (Å²) in [6.45, 7) is 2.31. The van der Waals surface area contributed by atoms with Crippen LogP contribution in [0.15, 0.2) is 5.16 Å². The van der Waals surface area contributed by atoms with E-state index in [1.807, 2.05) is 6.26 Å². The van der Waals surface area contributed by atoms with Crippen molar-refractivity contribution in [3.8, 4) is 0 Å². The molecule has 0 amide bonds. The maximum Gasteiger partial charge on any atom is 0.190 e. The number of hydrogen-bond acceptors (Lipinski definition) is 6. The summed E-state index contributed by atoms with van der Waals surface area (Å²) in [5.74, 6) is 7.16. The Labute approximate surface area is 114 Å². The summed E-state index contributed by atoms with van der Waals surface area (Å²) < 4.78 is 0. The van der Waals surface area contributed by atoms with Crippen molar-refractivity contribution in [1.82, 2.24) is 9.97 Å². The second-order valence-electron chi connectivity index (χ2n) is 4.74. The topological polar surface area (TPSA) is 63.8 Å². The van der Waals surface area contributed by atoms with Gasteiger partial charge >= 0.3 is 0 Å². The van der Waals surface area contributed by atoms with Crippen molar-refractivity contribution in [3.63, 3.8) is 0 Å². The van der Waals surface area contributed by atoms with E-state index in [4.69, 9.17) is 5.84 Å². The number of hydrogen-bond donors (Lipinski definition) is 2. The first kappa shape index (κ1) is 12.2. The zero-order valence-electron chi connectivity index (χ0n) is 10.5. The second-order valence-corrected chi connectivity index (χ2v) is 6.59. The molecule has 3 rings (SSSR count). The van der Waals surface area contributed by atoms with Crippen LogP contribution >= 0.6 is 23.1 Å². The molecular formula is C12H16N4S2. The van der Waals surface area contributed by atoms with Crippen LogP contribution in [0.5, 0.6) is 0 Å². The minimum absolute atomic E-state index is 0.771. The van der Waals surface area contributed by atoms with Crippen LogP contribution in [0.4, 0.5) is 5.82 Å². The van der Waals surface area contributed by atoms with E-state index in [2.05, 4.69) is 22.3 Å². The van der Waals surface area contributed by atoms with Crippen LogP contribution < -0.4 is 11.3 Å². The number of thiophene rings is 1. The highest BCUT2D eigenvalue weighted by Crippen LogP contribution is 2.40. The second kappa shape index (κ2) is 4.68. The molecule has 2 aromatic rings. The number of nitrogen functional groups attached to an aromatic ring is 1. The molecular weight excluding hydrogens is 264 g/mol. The van der Waals surface area contributed by atoms with Gasteiger partial charge in [-0.15, -0.1) is 11.3 Å². The van der Waals surface area contributed by atoms with Gasteiger partial charge in [0.2, 0.25) is 0 Å². The molecule has 4 nitrogen and oxygen atoms in total. The minimum Gasteiger partial charge on any atom is -0.308 e. The van der Waals surface area contributed by atoms with Gasteiger partial charge in [-0.05, 0) is 37.0 Å². The maximum atomic E-state index is 5.61. The van der Waals surface area contributed by atoms with Crippen molar-refractivity contribution in [2.45, 2.75) is 31.3 Å². The summed E-state index contributed by atoms with van der Waals surface area (Å²) >= 11 is 3.35. The van der Waals surface area contributed by atoms with Crippen LogP contribution in [0.2, 0.25) is 0 Å². The number of aromatic nitrogens is 2. The fourth-order valence-corrected chi connectivity index (χ4v) is 4.32. The lowest BCUT2D eigenvalue weighted by Gasteiger charge is -2.18. The normalized spacial score (nSPS) is 18.9. The molecule has 0 saturated heterocycles. The fourth-order valence-electron chi connectivity index (χ4n) is 2.52. The number of fused-ring (bicyclic) bond motifs is 3. The maximum absolute atomic E-state index is 5.61. The molecule has 1 aliphatic rings. The van der Waals surface area contributed by atoms with Crippen molar-refractivity contribution in [2.24, 2.45) is 11.8 Å². The summed E-state index contributed by atoms with van der Waals surface area (Å²) in [7, 11) is 0. The summed E-state index contributed by atoms with van der Waals surface area (Å²) in [5.41, 5.74) is 4.15. The summed E-state index contributed by atoms with van der Waals surface area (Å²) in [6, 6.07) is 0. The number of rotatable bonds is 2. The monoisotopic (exact) mass is 280 g/mol. The van der Waals surface area contributed by atoms with Crippen LogP contribution in [0.3, 0.4) is 0 Å². The van der Waals surface area contributed by atoms with Crippen LogP contribution in [-0.2, 0) is 12.8 Å². The number of aryl methyl sites for hydroxylation is 1. The molecule has 0 saturated carbocycles. The van der Waals surface area contributed by atoms with Crippen molar-refractivity contribution in [2.75, 3.05) is 11.7 Å². The molecule has 0 spiro atoms. The molecule has 0 fully saturated rings. The summed E-state index contributed by atoms with van der Waals surface area (Å²) in [6.07, 6.45) is 5.51. The molecule has 0 aliphatic heterocycles. The van der Waals surface area contributed by atoms with E-state index in [0.717, 1.165) is 40.0 Å². The third-order valence-electron chi connectivity index (χ3n) is 3.45. The molecule has 0 radical (unpaired) electrons. The van der Waals surface area contributed by atoms with E-state index in [-0.39, 0.29) is 0 Å². The van der Waals surface area contributed by atoms with Crippen molar-refractivity contribution >= 4 is 39.1 Å². The highest BCUT2D eigenvalue weighted by molar-refractivity contribution is 7.98. The lowest BCUT2D eigenvalue weighted by Crippen LogP contribution is -2.12. The lowest BCUT2D eigenvalue weighted by molar-refractivity contribution is 0.509. The zero-order valence-corrected chi connectivity index (χ0v) is 12.1. The Morgan fingerprint density at radius 1 is 1.44 bits per heavy atom. The van der Waals surface area contributed by atoms with Gasteiger partial charge in [-0.1, -0.05) is 18.7 Å². The Morgan fingerprint density at radius 3 is 3.00 bits per heavy atom. The largest absolute Gasteiger partial charge is 0.308 e. The van der Waals surface area contributed by atoms with Gasteiger partial charge < -0.3 is 5.43 Å². The number of hydrazine groups is 1. The van der Waals surface area contributed by atoms with E-state index >= 15 is 0 Å². The number of nitrogens with two attached hydrogens (primary N) is 1. The molecule has 2 heterocycles. The van der Waals surface area contributed by atoms with E-state index in [9.17, 15) is 0 Å². The van der Waals surface area contributed by atoms with Crippen molar-refractivity contribution in [3.05, 3.63) is 10.4 Å². The van der Waals surface area contributed by atoms with Crippen molar-refractivity contribution in [1.29, 1.82) is 0 Å². The van der Waals surface area contributed by atoms with E-state index in [1.54, 1.807) is 23.1 Å². The number of nitrogens with one attached hydrogen (secondary N) is 1. The van der Waals surface area contributed by atoms with Gasteiger partial charge in [-0.25, -0.2) is 15.8 Å². The minimum atomic E-state index is 0.771. The molecule has 1 aliphatic carbocycles. The first-order valence-corrected chi connectivity index (χ1v) is 8.10. The molecule has 6 heteroatoms. The van der Waals surface area contributed by atoms with Crippen LogP contribution in [-0.4, -0.2) is 16.2 Å². The molecule has 0 bridgehead atoms. The lowest BCUT2D eigenvalue weighted by atomic mass is 9.89. The Kier molecular flexibility index (Phi) is 3.17. The fraction of sp³-hybridized carbons (Fsp3) is 0.500. The predicted octanol–water partition coefficient (Wildman–Crippen LogP) is 2.82.